The average molecular weight is 213 g/mol. The van der Waals surface area contributed by atoms with E-state index < -0.39 is 0 Å². The normalized spacial score (nSPS) is 21.5. The largest absolute Gasteiger partial charge is 0.336 e. The molecule has 0 aromatic carbocycles. The van der Waals surface area contributed by atoms with E-state index in [1.165, 1.54) is 0 Å². The van der Waals surface area contributed by atoms with Crippen molar-refractivity contribution in [1.82, 2.24) is 15.1 Å². The second-order valence-electron chi connectivity index (χ2n) is 4.97. The van der Waals surface area contributed by atoms with Gasteiger partial charge in [0.15, 0.2) is 0 Å². The zero-order chi connectivity index (χ0) is 11.4. The van der Waals surface area contributed by atoms with Crippen LogP contribution in [0.5, 0.6) is 0 Å². The zero-order valence-corrected chi connectivity index (χ0v) is 10.3. The van der Waals surface area contributed by atoms with Crippen LogP contribution < -0.4 is 5.32 Å². The van der Waals surface area contributed by atoms with Crippen LogP contribution in [0.1, 0.15) is 20.3 Å². The Balaban J connectivity index is 2.32. The minimum absolute atomic E-state index is 0.0891. The minimum Gasteiger partial charge on any atom is -0.336 e. The summed E-state index contributed by atoms with van der Waals surface area (Å²) in [5.74, 6) is 0.637. The highest BCUT2D eigenvalue weighted by Gasteiger charge is 2.26. The second-order valence-corrected chi connectivity index (χ2v) is 4.97. The number of hydrogen-bond donors (Lipinski definition) is 1. The summed E-state index contributed by atoms with van der Waals surface area (Å²) in [5.41, 5.74) is 0. The summed E-state index contributed by atoms with van der Waals surface area (Å²) < 4.78 is 0. The van der Waals surface area contributed by atoms with E-state index in [-0.39, 0.29) is 12.1 Å². The van der Waals surface area contributed by atoms with Gasteiger partial charge in [0.1, 0.15) is 0 Å². The number of carbonyl (C=O) groups excluding carboxylic acids is 1. The fraction of sp³-hybridized carbons (Fsp3) is 0.909. The number of rotatable bonds is 3. The SMILES string of the molecule is CC(C)NC(=O)N1CCC(CN(C)C)C1. The fourth-order valence-corrected chi connectivity index (χ4v) is 2.02. The molecular formula is C11H23N3O. The monoisotopic (exact) mass is 213 g/mol. The Hall–Kier alpha value is -0.770. The van der Waals surface area contributed by atoms with E-state index in [0.29, 0.717) is 5.92 Å². The van der Waals surface area contributed by atoms with Crippen LogP contribution in [0.3, 0.4) is 0 Å². The summed E-state index contributed by atoms with van der Waals surface area (Å²) >= 11 is 0. The van der Waals surface area contributed by atoms with Crippen LogP contribution in [0.25, 0.3) is 0 Å². The summed E-state index contributed by atoms with van der Waals surface area (Å²) in [7, 11) is 4.16. The first kappa shape index (κ1) is 12.3. The molecule has 1 heterocycles. The summed E-state index contributed by atoms with van der Waals surface area (Å²) in [5, 5.41) is 2.93. The maximum Gasteiger partial charge on any atom is 0.317 e. The molecule has 0 spiro atoms. The number of urea groups is 1. The third-order valence-electron chi connectivity index (χ3n) is 2.61. The lowest BCUT2D eigenvalue weighted by atomic mass is 10.1. The van der Waals surface area contributed by atoms with Gasteiger partial charge in [-0.1, -0.05) is 0 Å². The molecule has 1 saturated heterocycles. The molecule has 15 heavy (non-hydrogen) atoms. The van der Waals surface area contributed by atoms with Crippen LogP contribution in [-0.4, -0.2) is 55.6 Å². The van der Waals surface area contributed by atoms with Gasteiger partial charge in [-0.3, -0.25) is 0 Å². The molecule has 4 nitrogen and oxygen atoms in total. The van der Waals surface area contributed by atoms with Gasteiger partial charge in [-0.15, -0.1) is 0 Å². The van der Waals surface area contributed by atoms with Crippen molar-refractivity contribution in [3.63, 3.8) is 0 Å². The van der Waals surface area contributed by atoms with Crippen LogP contribution in [-0.2, 0) is 0 Å². The smallest absolute Gasteiger partial charge is 0.317 e. The Morgan fingerprint density at radius 3 is 2.73 bits per heavy atom. The number of likely N-dealkylation sites (tertiary alicyclic amines) is 1. The molecule has 0 radical (unpaired) electrons. The second kappa shape index (κ2) is 5.35. The molecule has 2 amide bonds. The highest BCUT2D eigenvalue weighted by molar-refractivity contribution is 5.74. The van der Waals surface area contributed by atoms with Crippen molar-refractivity contribution in [2.45, 2.75) is 26.3 Å². The van der Waals surface area contributed by atoms with Gasteiger partial charge in [-0.25, -0.2) is 4.79 Å². The molecule has 1 unspecified atom stereocenters. The molecule has 1 rings (SSSR count). The predicted molar refractivity (Wildman–Crippen MR) is 61.9 cm³/mol. The Morgan fingerprint density at radius 1 is 1.53 bits per heavy atom. The van der Waals surface area contributed by atoms with Gasteiger partial charge < -0.3 is 15.1 Å². The molecular weight excluding hydrogens is 190 g/mol. The zero-order valence-electron chi connectivity index (χ0n) is 10.3. The summed E-state index contributed by atoms with van der Waals surface area (Å²) in [4.78, 5) is 15.8. The highest BCUT2D eigenvalue weighted by atomic mass is 16.2. The van der Waals surface area contributed by atoms with Gasteiger partial charge in [0, 0.05) is 25.7 Å². The quantitative estimate of drug-likeness (QED) is 0.759. The lowest BCUT2D eigenvalue weighted by Gasteiger charge is -2.20. The van der Waals surface area contributed by atoms with Crippen LogP contribution in [0.4, 0.5) is 4.79 Å². The average Bonchev–Trinajstić information content (AvgIpc) is 2.50. The molecule has 0 aliphatic carbocycles. The van der Waals surface area contributed by atoms with Crippen molar-refractivity contribution in [2.24, 2.45) is 5.92 Å². The number of hydrogen-bond acceptors (Lipinski definition) is 2. The molecule has 1 N–H and O–H groups in total. The van der Waals surface area contributed by atoms with E-state index in [1.807, 2.05) is 18.7 Å². The van der Waals surface area contributed by atoms with Gasteiger partial charge in [0.25, 0.3) is 0 Å². The third kappa shape index (κ3) is 4.08. The molecule has 4 heteroatoms. The molecule has 1 atom stereocenters. The fourth-order valence-electron chi connectivity index (χ4n) is 2.02. The van der Waals surface area contributed by atoms with Crippen molar-refractivity contribution in [3.8, 4) is 0 Å². The van der Waals surface area contributed by atoms with Crippen LogP contribution in [0.15, 0.2) is 0 Å². The third-order valence-corrected chi connectivity index (χ3v) is 2.61. The Kier molecular flexibility index (Phi) is 4.39. The first-order chi connectivity index (χ1) is 6.99. The van der Waals surface area contributed by atoms with Crippen molar-refractivity contribution < 1.29 is 4.79 Å². The minimum atomic E-state index is 0.0891. The van der Waals surface area contributed by atoms with Gasteiger partial charge in [0.05, 0.1) is 0 Å². The maximum absolute atomic E-state index is 11.7. The summed E-state index contributed by atoms with van der Waals surface area (Å²) in [6.45, 7) is 6.86. The first-order valence-corrected chi connectivity index (χ1v) is 5.69. The van der Waals surface area contributed by atoms with Crippen molar-refractivity contribution in [2.75, 3.05) is 33.7 Å². The van der Waals surface area contributed by atoms with Gasteiger partial charge in [-0.2, -0.15) is 0 Å². The van der Waals surface area contributed by atoms with Crippen molar-refractivity contribution in [1.29, 1.82) is 0 Å². The number of amides is 2. The van der Waals surface area contributed by atoms with E-state index >= 15 is 0 Å². The van der Waals surface area contributed by atoms with E-state index in [2.05, 4.69) is 24.3 Å². The predicted octanol–water partition coefficient (Wildman–Crippen LogP) is 0.988. The standard InChI is InChI=1S/C11H23N3O/c1-9(2)12-11(15)14-6-5-10(8-14)7-13(3)4/h9-10H,5-8H2,1-4H3,(H,12,15). The highest BCUT2D eigenvalue weighted by Crippen LogP contribution is 2.16. The molecule has 0 aromatic heterocycles. The van der Waals surface area contributed by atoms with E-state index in [0.717, 1.165) is 26.1 Å². The number of carbonyl (C=O) groups is 1. The molecule has 0 aromatic rings. The van der Waals surface area contributed by atoms with E-state index in [9.17, 15) is 4.79 Å². The lowest BCUT2D eigenvalue weighted by Crippen LogP contribution is -2.42. The number of nitrogens with one attached hydrogen (secondary N) is 1. The summed E-state index contributed by atoms with van der Waals surface area (Å²) in [6, 6.07) is 0.316. The van der Waals surface area contributed by atoms with E-state index in [4.69, 9.17) is 0 Å². The molecule has 0 saturated carbocycles. The van der Waals surface area contributed by atoms with Gasteiger partial charge >= 0.3 is 6.03 Å². The van der Waals surface area contributed by atoms with E-state index in [1.54, 1.807) is 0 Å². The molecule has 1 fully saturated rings. The molecule has 0 bridgehead atoms. The Morgan fingerprint density at radius 2 is 2.20 bits per heavy atom. The lowest BCUT2D eigenvalue weighted by molar-refractivity contribution is 0.203. The van der Waals surface area contributed by atoms with Crippen LogP contribution in [0, 0.1) is 5.92 Å². The van der Waals surface area contributed by atoms with Crippen molar-refractivity contribution >= 4 is 6.03 Å². The maximum atomic E-state index is 11.7. The van der Waals surface area contributed by atoms with Crippen molar-refractivity contribution in [3.05, 3.63) is 0 Å². The van der Waals surface area contributed by atoms with Crippen LogP contribution >= 0.6 is 0 Å². The Labute approximate surface area is 92.6 Å². The molecule has 1 aliphatic heterocycles. The molecule has 88 valence electrons. The Bertz CT molecular complexity index is 216. The molecule has 1 aliphatic rings. The van der Waals surface area contributed by atoms with Gasteiger partial charge in [0.2, 0.25) is 0 Å². The number of nitrogens with zero attached hydrogens (tertiary/aromatic N) is 2. The van der Waals surface area contributed by atoms with Crippen LogP contribution in [0.2, 0.25) is 0 Å². The van der Waals surface area contributed by atoms with Gasteiger partial charge in [-0.05, 0) is 40.3 Å². The summed E-state index contributed by atoms with van der Waals surface area (Å²) in [6.07, 6.45) is 1.13. The topological polar surface area (TPSA) is 35.6 Å². The first-order valence-electron chi connectivity index (χ1n) is 5.69.